The molecule has 0 aromatic heterocycles. The van der Waals surface area contributed by atoms with E-state index in [1.165, 1.54) is 6.07 Å². The second-order valence-corrected chi connectivity index (χ2v) is 5.42. The second-order valence-electron chi connectivity index (χ2n) is 4.99. The van der Waals surface area contributed by atoms with E-state index >= 15 is 0 Å². The van der Waals surface area contributed by atoms with Gasteiger partial charge in [0.25, 0.3) is 0 Å². The number of hydrogen-bond donors (Lipinski definition) is 1. The lowest BCUT2D eigenvalue weighted by molar-refractivity contribution is -0.121. The Morgan fingerprint density at radius 1 is 1.14 bits per heavy atom. The van der Waals surface area contributed by atoms with Crippen LogP contribution in [0, 0.1) is 12.7 Å². The molecule has 0 fully saturated rings. The molecule has 0 bridgehead atoms. The minimum absolute atomic E-state index is 0.0501. The summed E-state index contributed by atoms with van der Waals surface area (Å²) in [4.78, 5) is 11.8. The highest BCUT2D eigenvalue weighted by molar-refractivity contribution is 6.30. The highest BCUT2D eigenvalue weighted by Crippen LogP contribution is 2.11. The van der Waals surface area contributed by atoms with Crippen LogP contribution in [0.2, 0.25) is 5.02 Å². The molecule has 21 heavy (non-hydrogen) atoms. The van der Waals surface area contributed by atoms with E-state index in [1.54, 1.807) is 13.0 Å². The topological polar surface area (TPSA) is 29.1 Å². The molecule has 4 heteroatoms. The van der Waals surface area contributed by atoms with Gasteiger partial charge in [0.1, 0.15) is 5.82 Å². The molecule has 110 valence electrons. The summed E-state index contributed by atoms with van der Waals surface area (Å²) in [7, 11) is 0. The lowest BCUT2D eigenvalue weighted by atomic mass is 10.1. The van der Waals surface area contributed by atoms with Gasteiger partial charge in [0.2, 0.25) is 5.91 Å². The smallest absolute Gasteiger partial charge is 0.220 e. The van der Waals surface area contributed by atoms with Crippen LogP contribution in [-0.2, 0) is 17.8 Å². The third kappa shape index (κ3) is 4.87. The summed E-state index contributed by atoms with van der Waals surface area (Å²) in [6, 6.07) is 12.4. The number of halogens is 2. The first-order valence-corrected chi connectivity index (χ1v) is 7.18. The first kappa shape index (κ1) is 15.5. The standard InChI is InChI=1S/C17H17ClFNO/c1-12-2-3-14(10-16(12)19)11-20-17(21)9-6-13-4-7-15(18)8-5-13/h2-5,7-8,10H,6,9,11H2,1H3,(H,20,21). The zero-order valence-corrected chi connectivity index (χ0v) is 12.6. The number of benzene rings is 2. The van der Waals surface area contributed by atoms with Gasteiger partial charge in [-0.05, 0) is 48.2 Å². The molecule has 1 N–H and O–H groups in total. The maximum atomic E-state index is 13.4. The highest BCUT2D eigenvalue weighted by Gasteiger charge is 2.04. The Labute approximate surface area is 128 Å². The van der Waals surface area contributed by atoms with Crippen molar-refractivity contribution in [2.75, 3.05) is 0 Å². The number of hydrogen-bond acceptors (Lipinski definition) is 1. The molecule has 0 aliphatic carbocycles. The maximum absolute atomic E-state index is 13.4. The largest absolute Gasteiger partial charge is 0.352 e. The Bertz CT molecular complexity index is 625. The average Bonchev–Trinajstić information content (AvgIpc) is 2.48. The van der Waals surface area contributed by atoms with Crippen molar-refractivity contribution in [3.63, 3.8) is 0 Å². The fourth-order valence-electron chi connectivity index (χ4n) is 1.94. The summed E-state index contributed by atoms with van der Waals surface area (Å²) in [5.41, 5.74) is 2.43. The van der Waals surface area contributed by atoms with Gasteiger partial charge < -0.3 is 5.32 Å². The molecule has 0 heterocycles. The number of aryl methyl sites for hydroxylation is 2. The number of carbonyl (C=O) groups is 1. The molecule has 2 aromatic rings. The first-order chi connectivity index (χ1) is 10.0. The summed E-state index contributed by atoms with van der Waals surface area (Å²) < 4.78 is 13.4. The highest BCUT2D eigenvalue weighted by atomic mass is 35.5. The molecule has 2 aromatic carbocycles. The third-order valence-corrected chi connectivity index (χ3v) is 3.53. The van der Waals surface area contributed by atoms with Gasteiger partial charge >= 0.3 is 0 Å². The van der Waals surface area contributed by atoms with Crippen LogP contribution in [0.15, 0.2) is 42.5 Å². The summed E-state index contributed by atoms with van der Waals surface area (Å²) in [6.07, 6.45) is 1.06. The molecule has 2 rings (SSSR count). The number of amides is 1. The fourth-order valence-corrected chi connectivity index (χ4v) is 2.07. The summed E-state index contributed by atoms with van der Waals surface area (Å²) in [5, 5.41) is 3.48. The molecule has 0 unspecified atom stereocenters. The molecule has 0 radical (unpaired) electrons. The normalized spacial score (nSPS) is 10.4. The minimum atomic E-state index is -0.247. The van der Waals surface area contributed by atoms with Crippen LogP contribution in [-0.4, -0.2) is 5.91 Å². The van der Waals surface area contributed by atoms with Gasteiger partial charge in [0, 0.05) is 18.0 Å². The molecule has 0 saturated carbocycles. The summed E-state index contributed by atoms with van der Waals surface area (Å²) >= 11 is 5.81. The van der Waals surface area contributed by atoms with E-state index in [0.29, 0.717) is 30.0 Å². The molecule has 0 aliphatic rings. The number of nitrogens with one attached hydrogen (secondary N) is 1. The molecule has 1 amide bonds. The van der Waals surface area contributed by atoms with E-state index in [4.69, 9.17) is 11.6 Å². The van der Waals surface area contributed by atoms with Gasteiger partial charge in [-0.3, -0.25) is 4.79 Å². The summed E-state index contributed by atoms with van der Waals surface area (Å²) in [6.45, 7) is 2.06. The van der Waals surface area contributed by atoms with Crippen molar-refractivity contribution in [2.24, 2.45) is 0 Å². The number of rotatable bonds is 5. The molecular formula is C17H17ClFNO. The van der Waals surface area contributed by atoms with Gasteiger partial charge in [0.15, 0.2) is 0 Å². The third-order valence-electron chi connectivity index (χ3n) is 3.28. The van der Waals surface area contributed by atoms with Crippen LogP contribution in [0.5, 0.6) is 0 Å². The van der Waals surface area contributed by atoms with Crippen molar-refractivity contribution in [2.45, 2.75) is 26.3 Å². The zero-order valence-electron chi connectivity index (χ0n) is 11.8. The molecule has 0 spiro atoms. The predicted octanol–water partition coefficient (Wildman–Crippen LogP) is 4.04. The van der Waals surface area contributed by atoms with E-state index in [9.17, 15) is 9.18 Å². The molecular weight excluding hydrogens is 289 g/mol. The van der Waals surface area contributed by atoms with E-state index < -0.39 is 0 Å². The van der Waals surface area contributed by atoms with Gasteiger partial charge in [-0.15, -0.1) is 0 Å². The number of carbonyl (C=O) groups excluding carboxylic acids is 1. The van der Waals surface area contributed by atoms with E-state index in [2.05, 4.69) is 5.32 Å². The Morgan fingerprint density at radius 2 is 1.81 bits per heavy atom. The minimum Gasteiger partial charge on any atom is -0.352 e. The van der Waals surface area contributed by atoms with Crippen molar-refractivity contribution in [1.29, 1.82) is 0 Å². The molecule has 0 aliphatic heterocycles. The van der Waals surface area contributed by atoms with Crippen molar-refractivity contribution in [1.82, 2.24) is 5.32 Å². The first-order valence-electron chi connectivity index (χ1n) is 6.81. The molecule has 0 atom stereocenters. The lowest BCUT2D eigenvalue weighted by Gasteiger charge is -2.07. The van der Waals surface area contributed by atoms with Crippen LogP contribution < -0.4 is 5.32 Å². The molecule has 2 nitrogen and oxygen atoms in total. The fraction of sp³-hybridized carbons (Fsp3) is 0.235. The van der Waals surface area contributed by atoms with Crippen LogP contribution in [0.3, 0.4) is 0 Å². The second kappa shape index (κ2) is 7.23. The monoisotopic (exact) mass is 305 g/mol. The van der Waals surface area contributed by atoms with Crippen molar-refractivity contribution in [3.05, 3.63) is 70.0 Å². The van der Waals surface area contributed by atoms with Crippen molar-refractivity contribution < 1.29 is 9.18 Å². The van der Waals surface area contributed by atoms with Crippen LogP contribution in [0.25, 0.3) is 0 Å². The van der Waals surface area contributed by atoms with Crippen LogP contribution >= 0.6 is 11.6 Å². The quantitative estimate of drug-likeness (QED) is 0.887. The SMILES string of the molecule is Cc1ccc(CNC(=O)CCc2ccc(Cl)cc2)cc1F. The summed E-state index contributed by atoms with van der Waals surface area (Å²) in [5.74, 6) is -0.297. The molecule has 0 saturated heterocycles. The predicted molar refractivity (Wildman–Crippen MR) is 82.8 cm³/mol. The average molecular weight is 306 g/mol. The Hall–Kier alpha value is -1.87. The van der Waals surface area contributed by atoms with E-state index in [0.717, 1.165) is 11.1 Å². The van der Waals surface area contributed by atoms with Gasteiger partial charge in [0.05, 0.1) is 0 Å². The van der Waals surface area contributed by atoms with Gasteiger partial charge in [-0.25, -0.2) is 4.39 Å². The Morgan fingerprint density at radius 3 is 2.48 bits per heavy atom. The van der Waals surface area contributed by atoms with Crippen molar-refractivity contribution in [3.8, 4) is 0 Å². The lowest BCUT2D eigenvalue weighted by Crippen LogP contribution is -2.23. The van der Waals surface area contributed by atoms with Crippen LogP contribution in [0.4, 0.5) is 4.39 Å². The van der Waals surface area contributed by atoms with Gasteiger partial charge in [-0.1, -0.05) is 35.9 Å². The van der Waals surface area contributed by atoms with Crippen molar-refractivity contribution >= 4 is 17.5 Å². The maximum Gasteiger partial charge on any atom is 0.220 e. The van der Waals surface area contributed by atoms with Crippen LogP contribution in [0.1, 0.15) is 23.1 Å². The zero-order chi connectivity index (χ0) is 15.2. The van der Waals surface area contributed by atoms with Gasteiger partial charge in [-0.2, -0.15) is 0 Å². The van der Waals surface area contributed by atoms with E-state index in [1.807, 2.05) is 30.3 Å². The van der Waals surface area contributed by atoms with E-state index in [-0.39, 0.29) is 11.7 Å². The Balaban J connectivity index is 1.79. The Kier molecular flexibility index (Phi) is 5.34.